The zero-order valence-corrected chi connectivity index (χ0v) is 17.6. The minimum Gasteiger partial charge on any atom is -0.466 e. The molecule has 0 fully saturated rings. The number of carbonyl (C=O) groups is 2. The minimum atomic E-state index is -0.727. The fourth-order valence-electron chi connectivity index (χ4n) is 2.71. The van der Waals surface area contributed by atoms with Gasteiger partial charge in [-0.25, -0.2) is 14.6 Å². The average molecular weight is 430 g/mol. The zero-order chi connectivity index (χ0) is 22.8. The van der Waals surface area contributed by atoms with Crippen molar-refractivity contribution in [2.45, 2.75) is 0 Å². The summed E-state index contributed by atoms with van der Waals surface area (Å²) >= 11 is 0. The molecule has 3 aromatic rings. The molecule has 3 rings (SSSR count). The standard InChI is InChI=1S/C24H22N4O4/c1-31-23(29)17-22(24(30)32-2)28(19-13-7-4-8-14-19)27-21-16-10-9-15-20(21)26-25-18-11-5-3-6-12-18/h3-17,27H,1-2H3/b22-17-,26-25?. The molecule has 0 spiro atoms. The molecule has 0 unspecified atom stereocenters. The number of azo groups is 1. The summed E-state index contributed by atoms with van der Waals surface area (Å²) in [6.45, 7) is 0. The maximum absolute atomic E-state index is 12.5. The van der Waals surface area contributed by atoms with Crippen LogP contribution in [-0.2, 0) is 19.1 Å². The van der Waals surface area contributed by atoms with Crippen LogP contribution in [0.25, 0.3) is 0 Å². The van der Waals surface area contributed by atoms with Crippen LogP contribution in [0.15, 0.2) is 107 Å². The van der Waals surface area contributed by atoms with E-state index in [9.17, 15) is 9.59 Å². The molecule has 0 atom stereocenters. The number of nitrogens with zero attached hydrogens (tertiary/aromatic N) is 3. The Balaban J connectivity index is 2.03. The number of para-hydroxylation sites is 2. The lowest BCUT2D eigenvalue weighted by atomic mass is 10.2. The van der Waals surface area contributed by atoms with Gasteiger partial charge in [0.15, 0.2) is 5.70 Å². The van der Waals surface area contributed by atoms with E-state index in [0.29, 0.717) is 22.7 Å². The number of rotatable bonds is 8. The molecule has 0 saturated carbocycles. The molecule has 0 amide bonds. The van der Waals surface area contributed by atoms with E-state index in [4.69, 9.17) is 9.47 Å². The van der Waals surface area contributed by atoms with Crippen LogP contribution < -0.4 is 10.4 Å². The summed E-state index contributed by atoms with van der Waals surface area (Å²) in [7, 11) is 2.46. The van der Waals surface area contributed by atoms with Gasteiger partial charge in [-0.15, -0.1) is 5.11 Å². The number of methoxy groups -OCH3 is 2. The van der Waals surface area contributed by atoms with E-state index in [-0.39, 0.29) is 5.70 Å². The van der Waals surface area contributed by atoms with Crippen molar-refractivity contribution in [3.8, 4) is 0 Å². The largest absolute Gasteiger partial charge is 0.466 e. The van der Waals surface area contributed by atoms with Crippen LogP contribution in [0.2, 0.25) is 0 Å². The molecule has 162 valence electrons. The Labute approximate surface area is 185 Å². The molecule has 0 aliphatic rings. The molecule has 3 aromatic carbocycles. The Morgan fingerprint density at radius 1 is 0.812 bits per heavy atom. The van der Waals surface area contributed by atoms with Crippen LogP contribution in [-0.4, -0.2) is 26.2 Å². The highest BCUT2D eigenvalue weighted by molar-refractivity contribution is 6.00. The van der Waals surface area contributed by atoms with E-state index in [1.165, 1.54) is 19.2 Å². The summed E-state index contributed by atoms with van der Waals surface area (Å²) in [5, 5.41) is 10.0. The van der Waals surface area contributed by atoms with E-state index < -0.39 is 11.9 Å². The Morgan fingerprint density at radius 2 is 1.44 bits per heavy atom. The highest BCUT2D eigenvalue weighted by Gasteiger charge is 2.23. The predicted octanol–water partition coefficient (Wildman–Crippen LogP) is 5.17. The number of nitrogens with one attached hydrogen (secondary N) is 1. The number of benzene rings is 3. The van der Waals surface area contributed by atoms with Crippen molar-refractivity contribution in [3.05, 3.63) is 96.7 Å². The van der Waals surface area contributed by atoms with Gasteiger partial charge in [-0.1, -0.05) is 48.5 Å². The summed E-state index contributed by atoms with van der Waals surface area (Å²) in [5.41, 5.74) is 5.44. The molecule has 0 aliphatic heterocycles. The maximum Gasteiger partial charge on any atom is 0.356 e. The molecule has 0 radical (unpaired) electrons. The van der Waals surface area contributed by atoms with Gasteiger partial charge in [0.1, 0.15) is 5.69 Å². The maximum atomic E-state index is 12.5. The number of anilines is 2. The fourth-order valence-corrected chi connectivity index (χ4v) is 2.71. The van der Waals surface area contributed by atoms with Crippen LogP contribution in [0.5, 0.6) is 0 Å². The molecule has 8 nitrogen and oxygen atoms in total. The summed E-state index contributed by atoms with van der Waals surface area (Å²) in [4.78, 5) is 24.5. The third-order valence-electron chi connectivity index (χ3n) is 4.27. The number of hydrazine groups is 1. The van der Waals surface area contributed by atoms with E-state index in [1.807, 2.05) is 48.5 Å². The Bertz CT molecular complexity index is 1120. The van der Waals surface area contributed by atoms with Gasteiger partial charge in [0, 0.05) is 0 Å². The summed E-state index contributed by atoms with van der Waals surface area (Å²) in [6, 6.07) is 25.5. The number of hydrogen-bond donors (Lipinski definition) is 1. The van der Waals surface area contributed by atoms with Crippen molar-refractivity contribution < 1.29 is 19.1 Å². The lowest BCUT2D eigenvalue weighted by Gasteiger charge is -2.27. The topological polar surface area (TPSA) is 92.6 Å². The Hall–Kier alpha value is -4.46. The third kappa shape index (κ3) is 5.79. The summed E-state index contributed by atoms with van der Waals surface area (Å²) in [6.07, 6.45) is 1.06. The SMILES string of the molecule is COC(=O)/C=C(/C(=O)OC)N(Nc1ccccc1N=Nc1ccccc1)c1ccccc1. The van der Waals surface area contributed by atoms with Gasteiger partial charge >= 0.3 is 11.9 Å². The van der Waals surface area contributed by atoms with Gasteiger partial charge in [0.25, 0.3) is 0 Å². The van der Waals surface area contributed by atoms with Gasteiger partial charge in [0.2, 0.25) is 0 Å². The van der Waals surface area contributed by atoms with Gasteiger partial charge in [-0.2, -0.15) is 5.11 Å². The molecular formula is C24H22N4O4. The molecule has 0 aromatic heterocycles. The van der Waals surface area contributed by atoms with Gasteiger partial charge in [0.05, 0.1) is 37.4 Å². The highest BCUT2D eigenvalue weighted by atomic mass is 16.5. The normalized spacial score (nSPS) is 11.1. The van der Waals surface area contributed by atoms with Crippen LogP contribution in [0.3, 0.4) is 0 Å². The Morgan fingerprint density at radius 3 is 2.09 bits per heavy atom. The quantitative estimate of drug-likeness (QED) is 0.230. The Kier molecular flexibility index (Phi) is 7.69. The average Bonchev–Trinajstić information content (AvgIpc) is 2.86. The number of ether oxygens (including phenoxy) is 2. The molecule has 0 saturated heterocycles. The van der Waals surface area contributed by atoms with Gasteiger partial charge in [-0.3, -0.25) is 5.43 Å². The summed E-state index contributed by atoms with van der Waals surface area (Å²) < 4.78 is 9.61. The molecule has 32 heavy (non-hydrogen) atoms. The van der Waals surface area contributed by atoms with Crippen molar-refractivity contribution in [3.63, 3.8) is 0 Å². The van der Waals surface area contributed by atoms with Crippen molar-refractivity contribution in [1.29, 1.82) is 0 Å². The van der Waals surface area contributed by atoms with Gasteiger partial charge < -0.3 is 9.47 Å². The number of esters is 2. The lowest BCUT2D eigenvalue weighted by molar-refractivity contribution is -0.138. The second-order valence-electron chi connectivity index (χ2n) is 6.38. The second-order valence-corrected chi connectivity index (χ2v) is 6.38. The van der Waals surface area contributed by atoms with Crippen LogP contribution in [0.4, 0.5) is 22.7 Å². The monoisotopic (exact) mass is 430 g/mol. The first-order valence-electron chi connectivity index (χ1n) is 9.68. The van der Waals surface area contributed by atoms with Crippen molar-refractivity contribution in [2.24, 2.45) is 10.2 Å². The first-order chi connectivity index (χ1) is 15.6. The predicted molar refractivity (Wildman–Crippen MR) is 122 cm³/mol. The van der Waals surface area contributed by atoms with E-state index in [2.05, 4.69) is 15.7 Å². The summed E-state index contributed by atoms with van der Waals surface area (Å²) in [5.74, 6) is -1.43. The van der Waals surface area contributed by atoms with Crippen LogP contribution in [0, 0.1) is 0 Å². The molecule has 0 aliphatic carbocycles. The van der Waals surface area contributed by atoms with E-state index >= 15 is 0 Å². The van der Waals surface area contributed by atoms with Crippen molar-refractivity contribution in [1.82, 2.24) is 0 Å². The van der Waals surface area contributed by atoms with E-state index in [0.717, 1.165) is 6.08 Å². The highest BCUT2D eigenvalue weighted by Crippen LogP contribution is 2.30. The minimum absolute atomic E-state index is 0.0691. The van der Waals surface area contributed by atoms with E-state index in [1.54, 1.807) is 36.4 Å². The second kappa shape index (κ2) is 11.1. The fraction of sp³-hybridized carbons (Fsp3) is 0.0833. The molecule has 0 heterocycles. The van der Waals surface area contributed by atoms with Crippen molar-refractivity contribution >= 4 is 34.7 Å². The zero-order valence-electron chi connectivity index (χ0n) is 17.6. The third-order valence-corrected chi connectivity index (χ3v) is 4.27. The van der Waals surface area contributed by atoms with Crippen LogP contribution >= 0.6 is 0 Å². The van der Waals surface area contributed by atoms with Gasteiger partial charge in [-0.05, 0) is 36.4 Å². The number of carbonyl (C=O) groups excluding carboxylic acids is 2. The van der Waals surface area contributed by atoms with Crippen molar-refractivity contribution in [2.75, 3.05) is 24.7 Å². The smallest absolute Gasteiger partial charge is 0.356 e. The van der Waals surface area contributed by atoms with Crippen LogP contribution in [0.1, 0.15) is 0 Å². The molecular weight excluding hydrogens is 408 g/mol. The molecule has 1 N–H and O–H groups in total. The first-order valence-corrected chi connectivity index (χ1v) is 9.68. The first kappa shape index (κ1) is 22.2. The number of hydrogen-bond acceptors (Lipinski definition) is 8. The molecule has 8 heteroatoms. The lowest BCUT2D eigenvalue weighted by Crippen LogP contribution is -2.34. The molecule has 0 bridgehead atoms.